The molecule has 2 fully saturated rings. The Morgan fingerprint density at radius 3 is 2.80 bits per heavy atom. The van der Waals surface area contributed by atoms with Crippen molar-refractivity contribution < 1.29 is 14.3 Å². The Morgan fingerprint density at radius 2 is 2.04 bits per heavy atom. The highest BCUT2D eigenvalue weighted by Crippen LogP contribution is 2.47. The molecule has 1 aromatic heterocycles. The van der Waals surface area contributed by atoms with Gasteiger partial charge in [0.1, 0.15) is 11.5 Å². The molecule has 0 bridgehead atoms. The second-order valence-corrected chi connectivity index (χ2v) is 6.90. The summed E-state index contributed by atoms with van der Waals surface area (Å²) in [6, 6.07) is 11.1. The summed E-state index contributed by atoms with van der Waals surface area (Å²) >= 11 is 0. The number of nitrogens with one attached hydrogen (secondary N) is 1. The number of hydrogen-bond donors (Lipinski definition) is 1. The Morgan fingerprint density at radius 1 is 1.20 bits per heavy atom. The topological polar surface area (TPSA) is 60.5 Å². The van der Waals surface area contributed by atoms with Crippen LogP contribution in [0.15, 0.2) is 48.8 Å². The molecule has 5 nitrogen and oxygen atoms in total. The molecule has 2 heterocycles. The van der Waals surface area contributed by atoms with Crippen molar-refractivity contribution >= 4 is 5.91 Å². The molecule has 1 atom stereocenters. The Bertz CT molecular complexity index is 744. The van der Waals surface area contributed by atoms with Crippen molar-refractivity contribution in [3.05, 3.63) is 54.4 Å². The van der Waals surface area contributed by atoms with Gasteiger partial charge in [-0.1, -0.05) is 12.5 Å². The Balaban J connectivity index is 1.46. The Kier molecular flexibility index (Phi) is 4.40. The third-order valence-corrected chi connectivity index (χ3v) is 5.32. The van der Waals surface area contributed by atoms with Crippen LogP contribution in [0, 0.1) is 5.41 Å². The van der Waals surface area contributed by atoms with Crippen LogP contribution in [0.2, 0.25) is 0 Å². The van der Waals surface area contributed by atoms with Crippen molar-refractivity contribution in [1.82, 2.24) is 10.3 Å². The first-order valence-corrected chi connectivity index (χ1v) is 8.82. The van der Waals surface area contributed by atoms with Gasteiger partial charge in [0.15, 0.2) is 0 Å². The lowest BCUT2D eigenvalue weighted by atomic mass is 9.63. The van der Waals surface area contributed by atoms with Crippen LogP contribution < -0.4 is 10.1 Å². The van der Waals surface area contributed by atoms with Crippen molar-refractivity contribution in [1.29, 1.82) is 0 Å². The van der Waals surface area contributed by atoms with Gasteiger partial charge in [-0.15, -0.1) is 0 Å². The van der Waals surface area contributed by atoms with Gasteiger partial charge in [0.2, 0.25) is 0 Å². The standard InChI is InChI=1S/C20H22N2O3/c23-19(22-18-7-12-24-14-20(18)8-2-9-20)15-3-1-4-17(13-15)25-16-5-10-21-11-6-16/h1,3-6,10-11,13,18H,2,7-9,12,14H2,(H,22,23). The van der Waals surface area contributed by atoms with Gasteiger partial charge in [0, 0.05) is 36.0 Å². The number of benzene rings is 1. The van der Waals surface area contributed by atoms with Gasteiger partial charge in [-0.3, -0.25) is 9.78 Å². The van der Waals surface area contributed by atoms with E-state index in [1.807, 2.05) is 18.2 Å². The van der Waals surface area contributed by atoms with E-state index < -0.39 is 0 Å². The summed E-state index contributed by atoms with van der Waals surface area (Å²) in [5, 5.41) is 3.23. The molecule has 4 rings (SSSR count). The summed E-state index contributed by atoms with van der Waals surface area (Å²) in [6.07, 6.45) is 7.75. The highest BCUT2D eigenvalue weighted by Gasteiger charge is 2.46. The number of amides is 1. The smallest absolute Gasteiger partial charge is 0.251 e. The molecule has 1 aromatic carbocycles. The maximum absolute atomic E-state index is 12.7. The first-order valence-electron chi connectivity index (χ1n) is 8.82. The van der Waals surface area contributed by atoms with Gasteiger partial charge in [-0.2, -0.15) is 0 Å². The Labute approximate surface area is 147 Å². The molecular weight excluding hydrogens is 316 g/mol. The van der Waals surface area contributed by atoms with Gasteiger partial charge in [-0.05, 0) is 49.6 Å². The van der Waals surface area contributed by atoms with Crippen molar-refractivity contribution in [2.75, 3.05) is 13.2 Å². The van der Waals surface area contributed by atoms with E-state index in [0.717, 1.165) is 32.5 Å². The average Bonchev–Trinajstić information content (AvgIpc) is 2.62. The van der Waals surface area contributed by atoms with Gasteiger partial charge in [-0.25, -0.2) is 0 Å². The molecule has 25 heavy (non-hydrogen) atoms. The first kappa shape index (κ1) is 16.1. The fraction of sp³-hybridized carbons (Fsp3) is 0.400. The quantitative estimate of drug-likeness (QED) is 0.926. The van der Waals surface area contributed by atoms with E-state index in [4.69, 9.17) is 9.47 Å². The fourth-order valence-corrected chi connectivity index (χ4v) is 3.72. The maximum atomic E-state index is 12.7. The lowest BCUT2D eigenvalue weighted by Crippen LogP contribution is -2.56. The molecule has 1 N–H and O–H groups in total. The molecule has 1 aliphatic heterocycles. The van der Waals surface area contributed by atoms with Crippen LogP contribution in [0.25, 0.3) is 0 Å². The zero-order valence-electron chi connectivity index (χ0n) is 14.1. The number of nitrogens with zero attached hydrogens (tertiary/aromatic N) is 1. The summed E-state index contributed by atoms with van der Waals surface area (Å²) in [4.78, 5) is 16.7. The molecule has 1 aliphatic carbocycles. The highest BCUT2D eigenvalue weighted by molar-refractivity contribution is 5.94. The van der Waals surface area contributed by atoms with Crippen LogP contribution >= 0.6 is 0 Å². The Hall–Kier alpha value is -2.40. The van der Waals surface area contributed by atoms with Crippen molar-refractivity contribution in [3.63, 3.8) is 0 Å². The molecular formula is C20H22N2O3. The van der Waals surface area contributed by atoms with Gasteiger partial charge >= 0.3 is 0 Å². The zero-order valence-corrected chi connectivity index (χ0v) is 14.1. The van der Waals surface area contributed by atoms with Gasteiger partial charge in [0.25, 0.3) is 5.91 Å². The number of ether oxygens (including phenoxy) is 2. The second-order valence-electron chi connectivity index (χ2n) is 6.90. The predicted molar refractivity (Wildman–Crippen MR) is 93.7 cm³/mol. The molecule has 5 heteroatoms. The van der Waals surface area contributed by atoms with Crippen LogP contribution in [-0.2, 0) is 4.74 Å². The molecule has 1 spiro atoms. The van der Waals surface area contributed by atoms with E-state index in [1.165, 1.54) is 6.42 Å². The molecule has 2 aliphatic rings. The van der Waals surface area contributed by atoms with Crippen LogP contribution in [-0.4, -0.2) is 30.1 Å². The number of hydrogen-bond acceptors (Lipinski definition) is 4. The monoisotopic (exact) mass is 338 g/mol. The molecule has 1 amide bonds. The van der Waals surface area contributed by atoms with Gasteiger partial charge in [0.05, 0.1) is 6.61 Å². The number of rotatable bonds is 4. The largest absolute Gasteiger partial charge is 0.457 e. The normalized spacial score (nSPS) is 21.4. The van der Waals surface area contributed by atoms with Crippen LogP contribution in [0.1, 0.15) is 36.0 Å². The number of carbonyl (C=O) groups excluding carboxylic acids is 1. The number of aromatic nitrogens is 1. The van der Waals surface area contributed by atoms with Crippen LogP contribution in [0.3, 0.4) is 0 Å². The van der Waals surface area contributed by atoms with Crippen molar-refractivity contribution in [3.8, 4) is 11.5 Å². The summed E-state index contributed by atoms with van der Waals surface area (Å²) in [6.45, 7) is 1.49. The lowest BCUT2D eigenvalue weighted by molar-refractivity contribution is -0.0750. The van der Waals surface area contributed by atoms with E-state index in [0.29, 0.717) is 17.1 Å². The van der Waals surface area contributed by atoms with E-state index in [-0.39, 0.29) is 17.4 Å². The highest BCUT2D eigenvalue weighted by atomic mass is 16.5. The van der Waals surface area contributed by atoms with E-state index in [9.17, 15) is 4.79 Å². The third kappa shape index (κ3) is 3.37. The van der Waals surface area contributed by atoms with Crippen LogP contribution in [0.5, 0.6) is 11.5 Å². The molecule has 2 aromatic rings. The third-order valence-electron chi connectivity index (χ3n) is 5.32. The van der Waals surface area contributed by atoms with Gasteiger partial charge < -0.3 is 14.8 Å². The molecule has 1 saturated heterocycles. The molecule has 130 valence electrons. The SMILES string of the molecule is O=C(NC1CCOCC12CCC2)c1cccc(Oc2ccncc2)c1. The summed E-state index contributed by atoms with van der Waals surface area (Å²) in [5.41, 5.74) is 0.770. The van der Waals surface area contributed by atoms with Crippen molar-refractivity contribution in [2.45, 2.75) is 31.7 Å². The van der Waals surface area contributed by atoms with Crippen LogP contribution in [0.4, 0.5) is 0 Å². The lowest BCUT2D eigenvalue weighted by Gasteiger charge is -2.50. The van der Waals surface area contributed by atoms with E-state index >= 15 is 0 Å². The summed E-state index contributed by atoms with van der Waals surface area (Å²) in [7, 11) is 0. The summed E-state index contributed by atoms with van der Waals surface area (Å²) in [5.74, 6) is 1.30. The molecule has 1 unspecified atom stereocenters. The second kappa shape index (κ2) is 6.84. The fourth-order valence-electron chi connectivity index (χ4n) is 3.72. The minimum Gasteiger partial charge on any atom is -0.457 e. The van der Waals surface area contributed by atoms with E-state index in [1.54, 1.807) is 30.6 Å². The van der Waals surface area contributed by atoms with Crippen molar-refractivity contribution in [2.24, 2.45) is 5.41 Å². The van der Waals surface area contributed by atoms with E-state index in [2.05, 4.69) is 10.3 Å². The first-order chi connectivity index (χ1) is 12.3. The molecule has 0 radical (unpaired) electrons. The number of carbonyl (C=O) groups is 1. The number of pyridine rings is 1. The minimum atomic E-state index is -0.0432. The summed E-state index contributed by atoms with van der Waals surface area (Å²) < 4.78 is 11.4. The maximum Gasteiger partial charge on any atom is 0.251 e. The molecule has 1 saturated carbocycles. The minimum absolute atomic E-state index is 0.0432. The average molecular weight is 338 g/mol. The zero-order chi connectivity index (χ0) is 17.1. The predicted octanol–water partition coefficient (Wildman–Crippen LogP) is 3.56.